The quantitative estimate of drug-likeness (QED) is 0.162. The molecule has 0 N–H and O–H groups in total. The summed E-state index contributed by atoms with van der Waals surface area (Å²) in [4.78, 5) is 2.33. The topological polar surface area (TPSA) is 16.4 Å². The summed E-state index contributed by atoms with van der Waals surface area (Å²) in [5, 5.41) is 4.83. The predicted molar refractivity (Wildman–Crippen MR) is 243 cm³/mol. The molecule has 0 amide bonds. The number of hydrogen-bond donors (Lipinski definition) is 0. The Bertz CT molecular complexity index is 3210. The number of nitrogens with zero attached hydrogens (tertiary/aromatic N) is 1. The Hall–Kier alpha value is -7.20. The summed E-state index contributed by atoms with van der Waals surface area (Å²) in [6, 6.07) is 76.2. The van der Waals surface area contributed by atoms with Crippen molar-refractivity contribution in [2.75, 3.05) is 4.90 Å². The molecule has 0 aliphatic heterocycles. The van der Waals surface area contributed by atoms with Gasteiger partial charge in [-0.2, -0.15) is 0 Å². The van der Waals surface area contributed by atoms with Crippen LogP contribution in [0.1, 0.15) is 0 Å². The van der Waals surface area contributed by atoms with Crippen molar-refractivity contribution in [2.45, 2.75) is 0 Å². The van der Waals surface area contributed by atoms with Gasteiger partial charge in [0.25, 0.3) is 0 Å². The Morgan fingerprint density at radius 1 is 0.316 bits per heavy atom. The highest BCUT2D eigenvalue weighted by atomic mass is 32.1. The number of fused-ring (bicyclic) bond motifs is 6. The predicted octanol–water partition coefficient (Wildman–Crippen LogP) is 16.1. The third-order valence-corrected chi connectivity index (χ3v) is 12.2. The number of para-hydroxylation sites is 2. The van der Waals surface area contributed by atoms with Crippen molar-refractivity contribution in [2.24, 2.45) is 0 Å². The first-order valence-electron chi connectivity index (χ1n) is 19.3. The van der Waals surface area contributed by atoms with E-state index in [-0.39, 0.29) is 0 Å². The lowest BCUT2D eigenvalue weighted by molar-refractivity contribution is 0.670. The molecule has 3 heteroatoms. The molecule has 11 aromatic rings. The van der Waals surface area contributed by atoms with Gasteiger partial charge in [0.2, 0.25) is 0 Å². The summed E-state index contributed by atoms with van der Waals surface area (Å²) in [7, 11) is 0. The van der Waals surface area contributed by atoms with Gasteiger partial charge >= 0.3 is 0 Å². The van der Waals surface area contributed by atoms with Crippen LogP contribution < -0.4 is 4.90 Å². The van der Waals surface area contributed by atoms with Crippen LogP contribution in [0.3, 0.4) is 0 Å². The fraction of sp³-hybridized carbons (Fsp3) is 0. The maximum atomic E-state index is 6.96. The van der Waals surface area contributed by atoms with E-state index in [9.17, 15) is 0 Å². The third-order valence-electron chi connectivity index (χ3n) is 11.1. The number of benzene rings is 9. The van der Waals surface area contributed by atoms with Gasteiger partial charge in [-0.1, -0.05) is 164 Å². The minimum atomic E-state index is 0.856. The number of rotatable bonds is 7. The summed E-state index contributed by atoms with van der Waals surface area (Å²) >= 11 is 1.86. The Morgan fingerprint density at radius 2 is 0.807 bits per heavy atom. The maximum Gasteiger partial charge on any atom is 0.159 e. The molecule has 2 nitrogen and oxygen atoms in total. The summed E-state index contributed by atoms with van der Waals surface area (Å²) in [6.45, 7) is 0. The van der Waals surface area contributed by atoms with Gasteiger partial charge in [0.15, 0.2) is 5.58 Å². The molecule has 9 aromatic carbocycles. The molecule has 0 unspecified atom stereocenters. The molecule has 2 heterocycles. The number of hydrogen-bond acceptors (Lipinski definition) is 3. The monoisotopic (exact) mass is 745 g/mol. The average molecular weight is 746 g/mol. The van der Waals surface area contributed by atoms with Gasteiger partial charge in [-0.05, 0) is 87.5 Å². The summed E-state index contributed by atoms with van der Waals surface area (Å²) < 4.78 is 9.59. The zero-order valence-electron chi connectivity index (χ0n) is 31.0. The minimum Gasteiger partial charge on any atom is -0.453 e. The smallest absolute Gasteiger partial charge is 0.159 e. The zero-order chi connectivity index (χ0) is 37.7. The van der Waals surface area contributed by atoms with E-state index in [2.05, 4.69) is 217 Å². The fourth-order valence-electron chi connectivity index (χ4n) is 8.27. The van der Waals surface area contributed by atoms with Crippen molar-refractivity contribution >= 4 is 70.5 Å². The van der Waals surface area contributed by atoms with Crippen molar-refractivity contribution in [1.82, 2.24) is 0 Å². The lowest BCUT2D eigenvalue weighted by Crippen LogP contribution is -2.10. The lowest BCUT2D eigenvalue weighted by atomic mass is 9.98. The second kappa shape index (κ2) is 13.8. The van der Waals surface area contributed by atoms with E-state index in [1.54, 1.807) is 0 Å². The van der Waals surface area contributed by atoms with Crippen LogP contribution in [0, 0.1) is 0 Å². The van der Waals surface area contributed by atoms with Crippen molar-refractivity contribution in [3.05, 3.63) is 212 Å². The van der Waals surface area contributed by atoms with E-state index in [4.69, 9.17) is 4.42 Å². The molecule has 0 spiro atoms. The van der Waals surface area contributed by atoms with E-state index in [0.717, 1.165) is 55.7 Å². The molecule has 0 fully saturated rings. The molecular formula is C54H35NOS. The van der Waals surface area contributed by atoms with Crippen LogP contribution in [-0.4, -0.2) is 0 Å². The second-order valence-electron chi connectivity index (χ2n) is 14.5. The van der Waals surface area contributed by atoms with Gasteiger partial charge in [0.05, 0.1) is 5.69 Å². The summed E-state index contributed by atoms with van der Waals surface area (Å²) in [6.07, 6.45) is 0. The summed E-state index contributed by atoms with van der Waals surface area (Å²) in [5.41, 5.74) is 14.2. The van der Waals surface area contributed by atoms with Crippen LogP contribution in [-0.2, 0) is 0 Å². The molecular weight excluding hydrogens is 711 g/mol. The molecule has 0 radical (unpaired) electrons. The normalized spacial score (nSPS) is 11.5. The second-order valence-corrected chi connectivity index (χ2v) is 15.6. The van der Waals surface area contributed by atoms with Crippen LogP contribution in [0.25, 0.3) is 86.6 Å². The van der Waals surface area contributed by atoms with E-state index < -0.39 is 0 Å². The van der Waals surface area contributed by atoms with Gasteiger partial charge < -0.3 is 9.32 Å². The Labute approximate surface area is 335 Å². The molecule has 0 aliphatic rings. The molecule has 2 aromatic heterocycles. The van der Waals surface area contributed by atoms with Gasteiger partial charge in [-0.25, -0.2) is 0 Å². The molecule has 57 heavy (non-hydrogen) atoms. The standard InChI is InChI=1S/C54H35NOS/c1-3-12-36(13-4-1)40-16-9-17-41(34-40)37-24-29-43(30-25-37)55(44-31-26-38(27-32-44)42-28-33-47-46-18-7-8-23-51(46)57-52(47)35-42)50-22-11-21-49-48-20-10-19-45(53(48)56-54(49)50)39-14-5-2-6-15-39/h1-35H. The van der Waals surface area contributed by atoms with E-state index in [1.165, 1.54) is 48.0 Å². The molecule has 11 rings (SSSR count). The first-order chi connectivity index (χ1) is 28.2. The highest BCUT2D eigenvalue weighted by molar-refractivity contribution is 7.25. The Balaban J connectivity index is 1.03. The lowest BCUT2D eigenvalue weighted by Gasteiger charge is -2.26. The average Bonchev–Trinajstić information content (AvgIpc) is 3.86. The van der Waals surface area contributed by atoms with Gasteiger partial charge in [-0.3, -0.25) is 0 Å². The van der Waals surface area contributed by atoms with E-state index in [0.29, 0.717) is 0 Å². The van der Waals surface area contributed by atoms with Gasteiger partial charge in [0.1, 0.15) is 5.58 Å². The number of furan rings is 1. The Kier molecular flexibility index (Phi) is 8.04. The maximum absolute atomic E-state index is 6.96. The van der Waals surface area contributed by atoms with Crippen LogP contribution in [0.5, 0.6) is 0 Å². The van der Waals surface area contributed by atoms with Crippen LogP contribution in [0.4, 0.5) is 17.1 Å². The highest BCUT2D eigenvalue weighted by Gasteiger charge is 2.21. The number of thiophene rings is 1. The third kappa shape index (κ3) is 5.88. The van der Waals surface area contributed by atoms with Gasteiger partial charge in [0, 0.05) is 47.9 Å². The van der Waals surface area contributed by atoms with Crippen molar-refractivity contribution in [3.8, 4) is 44.5 Å². The first kappa shape index (κ1) is 33.2. The Morgan fingerprint density at radius 3 is 1.51 bits per heavy atom. The zero-order valence-corrected chi connectivity index (χ0v) is 31.8. The van der Waals surface area contributed by atoms with Gasteiger partial charge in [-0.15, -0.1) is 11.3 Å². The van der Waals surface area contributed by atoms with Crippen LogP contribution in [0.15, 0.2) is 217 Å². The molecule has 268 valence electrons. The molecule has 0 atom stereocenters. The SMILES string of the molecule is c1ccc(-c2cccc(-c3ccc(N(c4ccc(-c5ccc6c(c5)sc5ccccc56)cc4)c4cccc5c4oc4c(-c6ccccc6)cccc45)cc3)c2)cc1. The fourth-order valence-corrected chi connectivity index (χ4v) is 9.42. The van der Waals surface area contributed by atoms with E-state index in [1.807, 2.05) is 11.3 Å². The highest BCUT2D eigenvalue weighted by Crippen LogP contribution is 2.45. The largest absolute Gasteiger partial charge is 0.453 e. The molecule has 0 saturated heterocycles. The molecule has 0 bridgehead atoms. The summed E-state index contributed by atoms with van der Waals surface area (Å²) in [5.74, 6) is 0. The van der Waals surface area contributed by atoms with Crippen LogP contribution in [0.2, 0.25) is 0 Å². The van der Waals surface area contributed by atoms with Crippen molar-refractivity contribution < 1.29 is 4.42 Å². The minimum absolute atomic E-state index is 0.856. The van der Waals surface area contributed by atoms with Crippen molar-refractivity contribution in [1.29, 1.82) is 0 Å². The first-order valence-corrected chi connectivity index (χ1v) is 20.1. The number of anilines is 3. The van der Waals surface area contributed by atoms with Crippen LogP contribution >= 0.6 is 11.3 Å². The van der Waals surface area contributed by atoms with Crippen molar-refractivity contribution in [3.63, 3.8) is 0 Å². The molecule has 0 saturated carbocycles. The molecule has 0 aliphatic carbocycles. The van der Waals surface area contributed by atoms with E-state index >= 15 is 0 Å².